The second-order valence-corrected chi connectivity index (χ2v) is 5.87. The quantitative estimate of drug-likeness (QED) is 0.373. The molecule has 0 amide bonds. The maximum absolute atomic E-state index is 8.82. The zero-order chi connectivity index (χ0) is 14.5. The number of aromatic nitrogens is 1. The number of pyridine rings is 1. The normalized spacial score (nSPS) is 12.1. The molecule has 0 aliphatic carbocycles. The van der Waals surface area contributed by atoms with Gasteiger partial charge in [0.05, 0.1) is 5.54 Å². The molecule has 0 atom stereocenters. The molecule has 6 heteroatoms. The van der Waals surface area contributed by atoms with Gasteiger partial charge in [-0.05, 0) is 31.4 Å². The summed E-state index contributed by atoms with van der Waals surface area (Å²) in [5.74, 6) is 0.439. The SMILES string of the molecule is CC(C)(C)C(C)(C)N=C(NC#N)Nc1ccncc1.O. The Morgan fingerprint density at radius 1 is 1.20 bits per heavy atom. The molecule has 0 aromatic carbocycles. The number of nitrogens with zero attached hydrogens (tertiary/aromatic N) is 3. The van der Waals surface area contributed by atoms with Gasteiger partial charge in [-0.1, -0.05) is 20.8 Å². The fourth-order valence-corrected chi connectivity index (χ4v) is 1.16. The van der Waals surface area contributed by atoms with Gasteiger partial charge in [0.25, 0.3) is 0 Å². The lowest BCUT2D eigenvalue weighted by molar-refractivity contribution is 0.233. The standard InChI is InChI=1S/C14H21N5.H2O/c1-13(2,3)14(4,5)19-12(17-10-15)18-11-6-8-16-9-7-11;/h6-9H,1-5H3,(H2,16,17,18,19);1H2. The number of hydrogen-bond acceptors (Lipinski definition) is 3. The molecule has 1 heterocycles. The molecule has 0 saturated carbocycles. The maximum Gasteiger partial charge on any atom is 0.209 e. The zero-order valence-corrected chi connectivity index (χ0v) is 12.7. The van der Waals surface area contributed by atoms with Gasteiger partial charge in [-0.2, -0.15) is 5.26 Å². The molecule has 6 nitrogen and oxygen atoms in total. The Balaban J connectivity index is 0.00000361. The highest BCUT2D eigenvalue weighted by Gasteiger charge is 2.32. The van der Waals surface area contributed by atoms with Crippen molar-refractivity contribution in [1.29, 1.82) is 5.26 Å². The first-order valence-corrected chi connectivity index (χ1v) is 6.18. The molecule has 0 aliphatic rings. The van der Waals surface area contributed by atoms with E-state index in [1.807, 2.05) is 32.2 Å². The van der Waals surface area contributed by atoms with Gasteiger partial charge in [-0.25, -0.2) is 4.99 Å². The molecule has 4 N–H and O–H groups in total. The van der Waals surface area contributed by atoms with Gasteiger partial charge < -0.3 is 10.8 Å². The highest BCUT2D eigenvalue weighted by Crippen LogP contribution is 2.33. The van der Waals surface area contributed by atoms with Gasteiger partial charge >= 0.3 is 0 Å². The lowest BCUT2D eigenvalue weighted by Gasteiger charge is -2.35. The van der Waals surface area contributed by atoms with Gasteiger partial charge in [-0.15, -0.1) is 0 Å². The fraction of sp³-hybridized carbons (Fsp3) is 0.500. The van der Waals surface area contributed by atoms with E-state index in [-0.39, 0.29) is 16.4 Å². The summed E-state index contributed by atoms with van der Waals surface area (Å²) in [7, 11) is 0. The largest absolute Gasteiger partial charge is 0.412 e. The minimum absolute atomic E-state index is 0. The van der Waals surface area contributed by atoms with Crippen LogP contribution in [0.25, 0.3) is 0 Å². The lowest BCUT2D eigenvalue weighted by atomic mass is 9.77. The third-order valence-electron chi connectivity index (χ3n) is 3.34. The van der Waals surface area contributed by atoms with E-state index in [1.54, 1.807) is 12.4 Å². The van der Waals surface area contributed by atoms with E-state index in [9.17, 15) is 0 Å². The Morgan fingerprint density at radius 2 is 1.75 bits per heavy atom. The van der Waals surface area contributed by atoms with Crippen LogP contribution in [0.1, 0.15) is 34.6 Å². The number of hydrogen-bond donors (Lipinski definition) is 2. The first-order chi connectivity index (χ1) is 8.76. The van der Waals surface area contributed by atoms with Crippen LogP contribution < -0.4 is 10.6 Å². The predicted octanol–water partition coefficient (Wildman–Crippen LogP) is 1.92. The topological polar surface area (TPSA) is 105 Å². The van der Waals surface area contributed by atoms with Gasteiger partial charge in [-0.3, -0.25) is 10.3 Å². The van der Waals surface area contributed by atoms with E-state index < -0.39 is 0 Å². The van der Waals surface area contributed by atoms with E-state index in [0.717, 1.165) is 5.69 Å². The summed E-state index contributed by atoms with van der Waals surface area (Å²) in [6.45, 7) is 10.4. The van der Waals surface area contributed by atoms with Crippen LogP contribution in [0.5, 0.6) is 0 Å². The molecule has 0 spiro atoms. The van der Waals surface area contributed by atoms with Gasteiger partial charge in [0.15, 0.2) is 6.19 Å². The number of nitriles is 1. The summed E-state index contributed by atoms with van der Waals surface area (Å²) in [5, 5.41) is 14.5. The van der Waals surface area contributed by atoms with Crippen molar-refractivity contribution in [3.8, 4) is 6.19 Å². The van der Waals surface area contributed by atoms with Gasteiger partial charge in [0, 0.05) is 18.1 Å². The van der Waals surface area contributed by atoms with E-state index in [2.05, 4.69) is 41.4 Å². The van der Waals surface area contributed by atoms with Crippen molar-refractivity contribution in [2.45, 2.75) is 40.2 Å². The Hall–Kier alpha value is -2.13. The molecular weight excluding hydrogens is 254 g/mol. The smallest absolute Gasteiger partial charge is 0.209 e. The van der Waals surface area contributed by atoms with Crippen molar-refractivity contribution >= 4 is 11.6 Å². The average Bonchev–Trinajstić information content (AvgIpc) is 2.28. The summed E-state index contributed by atoms with van der Waals surface area (Å²) < 4.78 is 0. The number of aliphatic imine (C=N–C) groups is 1. The van der Waals surface area contributed by atoms with E-state index >= 15 is 0 Å². The monoisotopic (exact) mass is 277 g/mol. The number of guanidine groups is 1. The second kappa shape index (κ2) is 6.87. The van der Waals surface area contributed by atoms with Crippen molar-refractivity contribution in [2.24, 2.45) is 10.4 Å². The van der Waals surface area contributed by atoms with Crippen LogP contribution >= 0.6 is 0 Å². The molecule has 0 radical (unpaired) electrons. The highest BCUT2D eigenvalue weighted by molar-refractivity contribution is 5.94. The Morgan fingerprint density at radius 3 is 2.20 bits per heavy atom. The van der Waals surface area contributed by atoms with Crippen LogP contribution in [-0.4, -0.2) is 22.0 Å². The fourth-order valence-electron chi connectivity index (χ4n) is 1.16. The Labute approximate surface area is 120 Å². The van der Waals surface area contributed by atoms with Gasteiger partial charge in [0.2, 0.25) is 5.96 Å². The van der Waals surface area contributed by atoms with Crippen LogP contribution in [0.2, 0.25) is 0 Å². The van der Waals surface area contributed by atoms with E-state index in [4.69, 9.17) is 5.26 Å². The third kappa shape index (κ3) is 4.86. The lowest BCUT2D eigenvalue weighted by Crippen LogP contribution is -2.39. The molecule has 110 valence electrons. The molecule has 1 rings (SSSR count). The molecule has 1 aromatic rings. The van der Waals surface area contributed by atoms with Crippen LogP contribution in [0.3, 0.4) is 0 Å². The maximum atomic E-state index is 8.82. The Bertz CT molecular complexity index is 483. The summed E-state index contributed by atoms with van der Waals surface area (Å²) in [4.78, 5) is 8.56. The predicted molar refractivity (Wildman–Crippen MR) is 81.2 cm³/mol. The van der Waals surface area contributed by atoms with E-state index in [1.165, 1.54) is 0 Å². The second-order valence-electron chi connectivity index (χ2n) is 5.87. The summed E-state index contributed by atoms with van der Waals surface area (Å²) in [6, 6.07) is 3.64. The van der Waals surface area contributed by atoms with Crippen molar-refractivity contribution in [1.82, 2.24) is 10.3 Å². The molecule has 0 unspecified atom stereocenters. The van der Waals surface area contributed by atoms with Crippen molar-refractivity contribution < 1.29 is 5.48 Å². The third-order valence-corrected chi connectivity index (χ3v) is 3.34. The number of anilines is 1. The highest BCUT2D eigenvalue weighted by atomic mass is 16.0. The molecule has 0 aliphatic heterocycles. The van der Waals surface area contributed by atoms with Crippen LogP contribution in [0.15, 0.2) is 29.5 Å². The Kier molecular flexibility index (Phi) is 6.14. The summed E-state index contributed by atoms with van der Waals surface area (Å²) in [5.41, 5.74) is 0.503. The average molecular weight is 277 g/mol. The van der Waals surface area contributed by atoms with Crippen molar-refractivity contribution in [2.75, 3.05) is 5.32 Å². The first kappa shape index (κ1) is 17.9. The van der Waals surface area contributed by atoms with Crippen LogP contribution in [-0.2, 0) is 0 Å². The zero-order valence-electron chi connectivity index (χ0n) is 12.7. The molecule has 0 fully saturated rings. The minimum Gasteiger partial charge on any atom is -0.412 e. The van der Waals surface area contributed by atoms with Crippen molar-refractivity contribution in [3.63, 3.8) is 0 Å². The van der Waals surface area contributed by atoms with Crippen LogP contribution in [0, 0.1) is 16.9 Å². The van der Waals surface area contributed by atoms with Crippen LogP contribution in [0.4, 0.5) is 5.69 Å². The first-order valence-electron chi connectivity index (χ1n) is 6.18. The number of nitrogens with one attached hydrogen (secondary N) is 2. The van der Waals surface area contributed by atoms with Crippen molar-refractivity contribution in [3.05, 3.63) is 24.5 Å². The molecule has 0 saturated heterocycles. The van der Waals surface area contributed by atoms with Gasteiger partial charge in [0.1, 0.15) is 0 Å². The molecular formula is C14H23N5O. The molecule has 20 heavy (non-hydrogen) atoms. The number of rotatable bonds is 2. The summed E-state index contributed by atoms with van der Waals surface area (Å²) >= 11 is 0. The summed E-state index contributed by atoms with van der Waals surface area (Å²) in [6.07, 6.45) is 5.27. The molecule has 0 bridgehead atoms. The molecule has 1 aromatic heterocycles. The minimum atomic E-state index is -0.313. The van der Waals surface area contributed by atoms with E-state index in [0.29, 0.717) is 5.96 Å².